The Balaban J connectivity index is 1.50. The van der Waals surface area contributed by atoms with Gasteiger partial charge in [0.05, 0.1) is 10.6 Å². The number of H-pyrrole nitrogens is 1. The number of amides is 1. The third kappa shape index (κ3) is 3.72. The Hall–Kier alpha value is -1.95. The SMILES string of the molecule is CCC[C@H]1CCc2sc(C(=O)N3CCc4nc(C)[nH]c(=O)c4CC3)cc2C1. The first-order chi connectivity index (χ1) is 13.0. The summed E-state index contributed by atoms with van der Waals surface area (Å²) >= 11 is 1.68. The van der Waals surface area contributed by atoms with Crippen LogP contribution >= 0.6 is 11.3 Å². The van der Waals surface area contributed by atoms with Gasteiger partial charge < -0.3 is 9.88 Å². The summed E-state index contributed by atoms with van der Waals surface area (Å²) < 4.78 is 0. The summed E-state index contributed by atoms with van der Waals surface area (Å²) in [7, 11) is 0. The number of hydrogen-bond acceptors (Lipinski definition) is 4. The van der Waals surface area contributed by atoms with Crippen LogP contribution in [0.25, 0.3) is 0 Å². The second-order valence-electron chi connectivity index (χ2n) is 7.83. The lowest BCUT2D eigenvalue weighted by Crippen LogP contribution is -2.33. The number of nitrogens with zero attached hydrogens (tertiary/aromatic N) is 2. The van der Waals surface area contributed by atoms with Crippen LogP contribution in [0, 0.1) is 12.8 Å². The molecule has 27 heavy (non-hydrogen) atoms. The Morgan fingerprint density at radius 3 is 2.96 bits per heavy atom. The maximum atomic E-state index is 13.1. The number of fused-ring (bicyclic) bond motifs is 2. The Morgan fingerprint density at radius 2 is 2.15 bits per heavy atom. The van der Waals surface area contributed by atoms with E-state index in [2.05, 4.69) is 23.0 Å². The highest BCUT2D eigenvalue weighted by Crippen LogP contribution is 2.34. The van der Waals surface area contributed by atoms with Crippen LogP contribution < -0.4 is 5.56 Å². The quantitative estimate of drug-likeness (QED) is 0.882. The maximum Gasteiger partial charge on any atom is 0.263 e. The van der Waals surface area contributed by atoms with Crippen molar-refractivity contribution in [1.82, 2.24) is 14.9 Å². The highest BCUT2D eigenvalue weighted by atomic mass is 32.1. The normalized spacial score (nSPS) is 19.3. The van der Waals surface area contributed by atoms with Gasteiger partial charge in [0.1, 0.15) is 5.82 Å². The van der Waals surface area contributed by atoms with Crippen molar-refractivity contribution in [2.75, 3.05) is 13.1 Å². The van der Waals surface area contributed by atoms with E-state index in [1.165, 1.54) is 29.7 Å². The van der Waals surface area contributed by atoms with Crippen LogP contribution in [0.15, 0.2) is 10.9 Å². The lowest BCUT2D eigenvalue weighted by atomic mass is 9.85. The zero-order valence-electron chi connectivity index (χ0n) is 16.1. The van der Waals surface area contributed by atoms with Crippen molar-refractivity contribution in [2.24, 2.45) is 5.92 Å². The minimum absolute atomic E-state index is 0.0552. The summed E-state index contributed by atoms with van der Waals surface area (Å²) in [5.74, 6) is 1.53. The van der Waals surface area contributed by atoms with Crippen molar-refractivity contribution in [3.8, 4) is 0 Å². The van der Waals surface area contributed by atoms with E-state index in [-0.39, 0.29) is 11.5 Å². The van der Waals surface area contributed by atoms with Gasteiger partial charge in [-0.2, -0.15) is 0 Å². The summed E-state index contributed by atoms with van der Waals surface area (Å²) in [5, 5.41) is 0. The highest BCUT2D eigenvalue weighted by Gasteiger charge is 2.26. The van der Waals surface area contributed by atoms with Gasteiger partial charge in [-0.1, -0.05) is 19.8 Å². The fourth-order valence-corrected chi connectivity index (χ4v) is 5.63. The molecule has 0 aromatic carbocycles. The fraction of sp³-hybridized carbons (Fsp3) is 0.571. The molecule has 0 fully saturated rings. The topological polar surface area (TPSA) is 66.1 Å². The number of nitrogens with one attached hydrogen (secondary N) is 1. The van der Waals surface area contributed by atoms with Gasteiger partial charge in [-0.3, -0.25) is 9.59 Å². The molecule has 0 spiro atoms. The average molecular weight is 386 g/mol. The van der Waals surface area contributed by atoms with Gasteiger partial charge in [-0.15, -0.1) is 11.3 Å². The lowest BCUT2D eigenvalue weighted by Gasteiger charge is -2.21. The van der Waals surface area contributed by atoms with Crippen molar-refractivity contribution in [2.45, 2.75) is 58.8 Å². The highest BCUT2D eigenvalue weighted by molar-refractivity contribution is 7.14. The molecule has 3 heterocycles. The molecule has 144 valence electrons. The van der Waals surface area contributed by atoms with E-state index in [0.29, 0.717) is 31.8 Å². The van der Waals surface area contributed by atoms with Gasteiger partial charge in [0, 0.05) is 30.0 Å². The molecule has 0 unspecified atom stereocenters. The molecule has 5 nitrogen and oxygen atoms in total. The van der Waals surface area contributed by atoms with Gasteiger partial charge in [0.25, 0.3) is 11.5 Å². The largest absolute Gasteiger partial charge is 0.337 e. The average Bonchev–Trinajstić information content (AvgIpc) is 2.94. The van der Waals surface area contributed by atoms with Gasteiger partial charge in [0.2, 0.25) is 0 Å². The van der Waals surface area contributed by atoms with Crippen LogP contribution in [0.1, 0.15) is 63.4 Å². The van der Waals surface area contributed by atoms with E-state index in [4.69, 9.17) is 0 Å². The molecule has 1 aliphatic carbocycles. The number of thiophene rings is 1. The monoisotopic (exact) mass is 385 g/mol. The third-order valence-corrected chi connectivity index (χ3v) is 7.07. The lowest BCUT2D eigenvalue weighted by molar-refractivity contribution is 0.0767. The third-order valence-electron chi connectivity index (χ3n) is 5.85. The minimum Gasteiger partial charge on any atom is -0.337 e. The number of aryl methyl sites for hydroxylation is 2. The van der Waals surface area contributed by atoms with Crippen LogP contribution in [-0.2, 0) is 25.7 Å². The standard InChI is InChI=1S/C21H27N3O2S/c1-3-4-14-5-6-18-15(11-14)12-19(27-18)21(26)24-9-7-16-17(8-10-24)22-13(2)23-20(16)25/h12,14H,3-11H2,1-2H3,(H,22,23,25)/t14-/m0/s1. The van der Waals surface area contributed by atoms with Gasteiger partial charge >= 0.3 is 0 Å². The first-order valence-electron chi connectivity index (χ1n) is 10.0. The second kappa shape index (κ2) is 7.58. The van der Waals surface area contributed by atoms with Crippen molar-refractivity contribution in [1.29, 1.82) is 0 Å². The summed E-state index contributed by atoms with van der Waals surface area (Å²) in [6, 6.07) is 2.14. The molecular formula is C21H27N3O2S. The molecule has 0 bridgehead atoms. The molecule has 1 atom stereocenters. The molecule has 0 radical (unpaired) electrons. The molecule has 6 heteroatoms. The first-order valence-corrected chi connectivity index (χ1v) is 10.9. The number of aromatic nitrogens is 2. The number of carbonyl (C=O) groups is 1. The van der Waals surface area contributed by atoms with Crippen molar-refractivity contribution in [3.05, 3.63) is 48.8 Å². The first kappa shape index (κ1) is 18.4. The Morgan fingerprint density at radius 1 is 1.33 bits per heavy atom. The Bertz CT molecular complexity index is 915. The van der Waals surface area contributed by atoms with Crippen molar-refractivity contribution in [3.63, 3.8) is 0 Å². The molecule has 0 saturated heterocycles. The predicted molar refractivity (Wildman–Crippen MR) is 108 cm³/mol. The molecule has 1 N–H and O–H groups in total. The molecule has 2 aromatic heterocycles. The van der Waals surface area contributed by atoms with Crippen LogP contribution in [0.2, 0.25) is 0 Å². The van der Waals surface area contributed by atoms with Crippen LogP contribution in [0.4, 0.5) is 0 Å². The predicted octanol–water partition coefficient (Wildman–Crippen LogP) is 3.29. The van der Waals surface area contributed by atoms with E-state index in [0.717, 1.165) is 34.9 Å². The maximum absolute atomic E-state index is 13.1. The van der Waals surface area contributed by atoms with Crippen LogP contribution in [-0.4, -0.2) is 33.9 Å². The summed E-state index contributed by atoms with van der Waals surface area (Å²) in [6.45, 7) is 5.26. The molecule has 2 aliphatic rings. The summed E-state index contributed by atoms with van der Waals surface area (Å²) in [5.41, 5.74) is 2.92. The molecule has 2 aromatic rings. The summed E-state index contributed by atoms with van der Waals surface area (Å²) in [6.07, 6.45) is 7.23. The molecule has 1 aliphatic heterocycles. The van der Waals surface area contributed by atoms with Gasteiger partial charge in [-0.05, 0) is 50.2 Å². The van der Waals surface area contributed by atoms with Crippen LogP contribution in [0.5, 0.6) is 0 Å². The summed E-state index contributed by atoms with van der Waals surface area (Å²) in [4.78, 5) is 36.7. The smallest absolute Gasteiger partial charge is 0.263 e. The molecule has 0 saturated carbocycles. The molecule has 1 amide bonds. The fourth-order valence-electron chi connectivity index (χ4n) is 4.45. The number of hydrogen-bond donors (Lipinski definition) is 1. The van der Waals surface area contributed by atoms with Gasteiger partial charge in [0.15, 0.2) is 0 Å². The van der Waals surface area contributed by atoms with Crippen LogP contribution in [0.3, 0.4) is 0 Å². The van der Waals surface area contributed by atoms with Gasteiger partial charge in [-0.25, -0.2) is 4.98 Å². The Kier molecular flexibility index (Phi) is 5.17. The van der Waals surface area contributed by atoms with Crippen molar-refractivity contribution < 1.29 is 4.79 Å². The number of carbonyl (C=O) groups excluding carboxylic acids is 1. The minimum atomic E-state index is -0.0552. The van der Waals surface area contributed by atoms with E-state index in [1.807, 2.05) is 4.90 Å². The zero-order chi connectivity index (χ0) is 19.0. The molecule has 4 rings (SSSR count). The number of aromatic amines is 1. The molecular weight excluding hydrogens is 358 g/mol. The van der Waals surface area contributed by atoms with E-state index in [9.17, 15) is 9.59 Å². The number of rotatable bonds is 3. The van der Waals surface area contributed by atoms with E-state index < -0.39 is 0 Å². The zero-order valence-corrected chi connectivity index (χ0v) is 17.0. The second-order valence-corrected chi connectivity index (χ2v) is 8.96. The van der Waals surface area contributed by atoms with E-state index in [1.54, 1.807) is 18.3 Å². The Labute approximate surface area is 163 Å². The van der Waals surface area contributed by atoms with E-state index >= 15 is 0 Å². The van der Waals surface area contributed by atoms with Crippen molar-refractivity contribution >= 4 is 17.2 Å².